The van der Waals surface area contributed by atoms with E-state index in [0.717, 1.165) is 16.7 Å². The molecular formula is C14H13N3O. The Hall–Kier alpha value is -2.20. The van der Waals surface area contributed by atoms with E-state index < -0.39 is 5.66 Å². The molecule has 0 spiro atoms. The van der Waals surface area contributed by atoms with Gasteiger partial charge in [-0.15, -0.1) is 0 Å². The molecule has 0 saturated carbocycles. The summed E-state index contributed by atoms with van der Waals surface area (Å²) in [4.78, 5) is 15.8. The average molecular weight is 239 g/mol. The van der Waals surface area contributed by atoms with E-state index in [1.165, 1.54) is 0 Å². The molecule has 2 aromatic rings. The van der Waals surface area contributed by atoms with Gasteiger partial charge in [0.05, 0.1) is 6.42 Å². The summed E-state index contributed by atoms with van der Waals surface area (Å²) in [6.07, 6.45) is 3.72. The average Bonchev–Trinajstić information content (AvgIpc) is 2.39. The van der Waals surface area contributed by atoms with Crippen LogP contribution >= 0.6 is 0 Å². The fourth-order valence-electron chi connectivity index (χ4n) is 2.41. The number of nitrogens with one attached hydrogen (secondary N) is 1. The van der Waals surface area contributed by atoms with Crippen molar-refractivity contribution in [2.24, 2.45) is 5.73 Å². The second-order valence-corrected chi connectivity index (χ2v) is 4.43. The van der Waals surface area contributed by atoms with Gasteiger partial charge in [-0.1, -0.05) is 24.3 Å². The largest absolute Gasteiger partial charge is 0.330 e. The van der Waals surface area contributed by atoms with Crippen LogP contribution in [-0.2, 0) is 16.9 Å². The van der Waals surface area contributed by atoms with E-state index in [-0.39, 0.29) is 5.91 Å². The van der Waals surface area contributed by atoms with Crippen LogP contribution < -0.4 is 11.1 Å². The van der Waals surface area contributed by atoms with Crippen molar-refractivity contribution in [3.8, 4) is 0 Å². The lowest BCUT2D eigenvalue weighted by Crippen LogP contribution is -2.57. The first kappa shape index (κ1) is 10.9. The number of amides is 1. The van der Waals surface area contributed by atoms with Crippen molar-refractivity contribution < 1.29 is 4.79 Å². The monoisotopic (exact) mass is 239 g/mol. The first-order chi connectivity index (χ1) is 8.70. The molecule has 3 N–H and O–H groups in total. The highest BCUT2D eigenvalue weighted by molar-refractivity contribution is 5.83. The summed E-state index contributed by atoms with van der Waals surface area (Å²) in [5.41, 5.74) is 8.20. The Bertz CT molecular complexity index is 597. The molecule has 4 heteroatoms. The molecule has 1 amide bonds. The summed E-state index contributed by atoms with van der Waals surface area (Å²) in [5.74, 6) is -0.0620. The van der Waals surface area contributed by atoms with Crippen LogP contribution in [-0.4, -0.2) is 10.9 Å². The Balaban J connectivity index is 2.21. The molecule has 0 bridgehead atoms. The summed E-state index contributed by atoms with van der Waals surface area (Å²) in [6, 6.07) is 11.4. The van der Waals surface area contributed by atoms with E-state index in [0.29, 0.717) is 6.42 Å². The van der Waals surface area contributed by atoms with Crippen LogP contribution in [0.5, 0.6) is 0 Å². The standard InChI is InChI=1S/C14H13N3O/c15-14(11-5-7-16-8-6-11)12-4-2-1-3-10(12)9-13(18)17-14/h1-8H,9,15H2,(H,17,18). The van der Waals surface area contributed by atoms with E-state index in [1.54, 1.807) is 12.4 Å². The number of carbonyl (C=O) groups is 1. The van der Waals surface area contributed by atoms with Gasteiger partial charge >= 0.3 is 0 Å². The number of nitrogens with zero attached hydrogens (tertiary/aromatic N) is 1. The van der Waals surface area contributed by atoms with Crippen LogP contribution in [0.25, 0.3) is 0 Å². The zero-order valence-electron chi connectivity index (χ0n) is 9.76. The minimum atomic E-state index is -0.963. The van der Waals surface area contributed by atoms with Gasteiger partial charge in [0.15, 0.2) is 0 Å². The lowest BCUT2D eigenvalue weighted by Gasteiger charge is -2.36. The minimum Gasteiger partial charge on any atom is -0.330 e. The number of nitrogens with two attached hydrogens (primary N) is 1. The molecule has 3 rings (SSSR count). The van der Waals surface area contributed by atoms with Gasteiger partial charge in [0, 0.05) is 18.0 Å². The van der Waals surface area contributed by atoms with Gasteiger partial charge in [0.25, 0.3) is 0 Å². The highest BCUT2D eigenvalue weighted by atomic mass is 16.1. The summed E-state index contributed by atoms with van der Waals surface area (Å²) >= 11 is 0. The van der Waals surface area contributed by atoms with Crippen molar-refractivity contribution in [2.45, 2.75) is 12.1 Å². The maximum Gasteiger partial charge on any atom is 0.226 e. The van der Waals surface area contributed by atoms with E-state index in [1.807, 2.05) is 36.4 Å². The van der Waals surface area contributed by atoms with Crippen LogP contribution in [0.2, 0.25) is 0 Å². The number of fused-ring (bicyclic) bond motifs is 1. The van der Waals surface area contributed by atoms with E-state index in [2.05, 4.69) is 10.3 Å². The summed E-state index contributed by atoms with van der Waals surface area (Å²) in [7, 11) is 0. The molecule has 0 radical (unpaired) electrons. The number of benzene rings is 1. The highest BCUT2D eigenvalue weighted by Crippen LogP contribution is 2.30. The maximum absolute atomic E-state index is 11.8. The molecule has 0 saturated heterocycles. The first-order valence-corrected chi connectivity index (χ1v) is 5.79. The Kier molecular flexibility index (Phi) is 2.38. The zero-order valence-corrected chi connectivity index (χ0v) is 9.76. The molecule has 2 heterocycles. The molecule has 0 fully saturated rings. The number of rotatable bonds is 1. The van der Waals surface area contributed by atoms with Gasteiger partial charge < -0.3 is 11.1 Å². The fraction of sp³-hybridized carbons (Fsp3) is 0.143. The van der Waals surface area contributed by atoms with Crippen molar-refractivity contribution in [1.82, 2.24) is 10.3 Å². The first-order valence-electron chi connectivity index (χ1n) is 5.79. The number of aromatic nitrogens is 1. The van der Waals surface area contributed by atoms with Crippen molar-refractivity contribution in [3.63, 3.8) is 0 Å². The second-order valence-electron chi connectivity index (χ2n) is 4.43. The Morgan fingerprint density at radius 1 is 1.17 bits per heavy atom. The van der Waals surface area contributed by atoms with Crippen LogP contribution in [0.4, 0.5) is 0 Å². The number of carbonyl (C=O) groups excluding carboxylic acids is 1. The summed E-state index contributed by atoms with van der Waals surface area (Å²) in [6.45, 7) is 0. The second kappa shape index (κ2) is 3.92. The number of pyridine rings is 1. The van der Waals surface area contributed by atoms with Crippen LogP contribution in [0.15, 0.2) is 48.8 Å². The van der Waals surface area contributed by atoms with Gasteiger partial charge in [-0.05, 0) is 23.3 Å². The summed E-state index contributed by atoms with van der Waals surface area (Å²) in [5, 5.41) is 2.88. The molecule has 1 aliphatic heterocycles. The molecule has 1 aliphatic rings. The lowest BCUT2D eigenvalue weighted by molar-refractivity contribution is -0.122. The molecule has 4 nitrogen and oxygen atoms in total. The van der Waals surface area contributed by atoms with Gasteiger partial charge in [-0.3, -0.25) is 9.78 Å². The zero-order chi connectivity index (χ0) is 12.6. The third kappa shape index (κ3) is 1.58. The molecular weight excluding hydrogens is 226 g/mol. The molecule has 1 aromatic carbocycles. The predicted molar refractivity (Wildman–Crippen MR) is 67.5 cm³/mol. The van der Waals surface area contributed by atoms with Gasteiger partial charge in [-0.2, -0.15) is 0 Å². The van der Waals surface area contributed by atoms with E-state index in [9.17, 15) is 4.79 Å². The normalized spacial score (nSPS) is 22.2. The van der Waals surface area contributed by atoms with Crippen LogP contribution in [0.3, 0.4) is 0 Å². The Morgan fingerprint density at radius 2 is 1.89 bits per heavy atom. The van der Waals surface area contributed by atoms with Gasteiger partial charge in [0.1, 0.15) is 5.66 Å². The number of hydrogen-bond acceptors (Lipinski definition) is 3. The molecule has 18 heavy (non-hydrogen) atoms. The van der Waals surface area contributed by atoms with Gasteiger partial charge in [-0.25, -0.2) is 0 Å². The predicted octanol–water partition coefficient (Wildman–Crippen LogP) is 0.914. The van der Waals surface area contributed by atoms with Crippen LogP contribution in [0, 0.1) is 0 Å². The molecule has 1 aromatic heterocycles. The molecule has 0 aliphatic carbocycles. The lowest BCUT2D eigenvalue weighted by atomic mass is 9.85. The highest BCUT2D eigenvalue weighted by Gasteiger charge is 2.37. The van der Waals surface area contributed by atoms with Crippen LogP contribution in [0.1, 0.15) is 16.7 Å². The third-order valence-corrected chi connectivity index (χ3v) is 3.27. The Morgan fingerprint density at radius 3 is 2.67 bits per heavy atom. The summed E-state index contributed by atoms with van der Waals surface area (Å²) < 4.78 is 0. The molecule has 1 unspecified atom stereocenters. The van der Waals surface area contributed by atoms with Crippen molar-refractivity contribution >= 4 is 5.91 Å². The molecule has 1 atom stereocenters. The number of hydrogen-bond donors (Lipinski definition) is 2. The van der Waals surface area contributed by atoms with E-state index >= 15 is 0 Å². The Labute approximate surface area is 105 Å². The topological polar surface area (TPSA) is 68.0 Å². The third-order valence-electron chi connectivity index (χ3n) is 3.27. The maximum atomic E-state index is 11.8. The molecule has 90 valence electrons. The fourth-order valence-corrected chi connectivity index (χ4v) is 2.41. The quantitative estimate of drug-likeness (QED) is 0.777. The van der Waals surface area contributed by atoms with Crippen molar-refractivity contribution in [2.75, 3.05) is 0 Å². The SMILES string of the molecule is NC1(c2ccncc2)NC(=O)Cc2ccccc21. The van der Waals surface area contributed by atoms with Crippen molar-refractivity contribution in [1.29, 1.82) is 0 Å². The minimum absolute atomic E-state index is 0.0620. The van der Waals surface area contributed by atoms with Crippen molar-refractivity contribution in [3.05, 3.63) is 65.5 Å². The van der Waals surface area contributed by atoms with E-state index in [4.69, 9.17) is 5.73 Å². The smallest absolute Gasteiger partial charge is 0.226 e. The van der Waals surface area contributed by atoms with Gasteiger partial charge in [0.2, 0.25) is 5.91 Å².